The van der Waals surface area contributed by atoms with Gasteiger partial charge >= 0.3 is 0 Å². The molecule has 1 heterocycles. The third-order valence-electron chi connectivity index (χ3n) is 3.51. The number of fused-ring (bicyclic) bond motifs is 1. The largest absolute Gasteiger partial charge is 0.365 e. The molecule has 0 saturated heterocycles. The van der Waals surface area contributed by atoms with Gasteiger partial charge in [-0.25, -0.2) is 18.2 Å². The van der Waals surface area contributed by atoms with Crippen LogP contribution in [0.3, 0.4) is 0 Å². The Hall–Kier alpha value is -2.56. The lowest BCUT2D eigenvalue weighted by atomic mass is 10.0. The SMILES string of the molecule is CC(C)(C)Nc1nc(-c2ccc(F)cc2F)cc2cccc(F)c12. The molecule has 0 saturated carbocycles. The molecule has 0 unspecified atom stereocenters. The van der Waals surface area contributed by atoms with E-state index >= 15 is 0 Å². The number of anilines is 1. The van der Waals surface area contributed by atoms with Gasteiger partial charge in [-0.3, -0.25) is 0 Å². The van der Waals surface area contributed by atoms with Crippen LogP contribution in [0.25, 0.3) is 22.0 Å². The lowest BCUT2D eigenvalue weighted by Crippen LogP contribution is -2.27. The Balaban J connectivity index is 2.27. The molecule has 0 radical (unpaired) electrons. The van der Waals surface area contributed by atoms with Gasteiger partial charge in [0, 0.05) is 17.2 Å². The molecule has 3 aromatic rings. The second kappa shape index (κ2) is 5.82. The first kappa shape index (κ1) is 16.3. The highest BCUT2D eigenvalue weighted by Gasteiger charge is 2.18. The van der Waals surface area contributed by atoms with Crippen molar-refractivity contribution in [2.45, 2.75) is 26.3 Å². The summed E-state index contributed by atoms with van der Waals surface area (Å²) in [4.78, 5) is 4.39. The van der Waals surface area contributed by atoms with Crippen LogP contribution in [0.15, 0.2) is 42.5 Å². The van der Waals surface area contributed by atoms with E-state index in [-0.39, 0.29) is 11.1 Å². The van der Waals surface area contributed by atoms with Gasteiger partial charge < -0.3 is 5.32 Å². The maximum Gasteiger partial charge on any atom is 0.137 e. The van der Waals surface area contributed by atoms with Gasteiger partial charge in [0.2, 0.25) is 0 Å². The summed E-state index contributed by atoms with van der Waals surface area (Å²) >= 11 is 0. The predicted octanol–water partition coefficient (Wildman–Crippen LogP) is 5.53. The number of pyridine rings is 1. The first-order valence-corrected chi connectivity index (χ1v) is 7.57. The van der Waals surface area contributed by atoms with Gasteiger partial charge in [-0.15, -0.1) is 0 Å². The minimum atomic E-state index is -0.708. The molecular weight excluding hydrogens is 313 g/mol. The number of nitrogens with zero attached hydrogens (tertiary/aromatic N) is 1. The molecule has 3 rings (SSSR count). The zero-order chi connectivity index (χ0) is 17.5. The van der Waals surface area contributed by atoms with Crippen molar-refractivity contribution in [3.05, 3.63) is 59.9 Å². The van der Waals surface area contributed by atoms with Gasteiger partial charge in [0.15, 0.2) is 0 Å². The van der Waals surface area contributed by atoms with Crippen LogP contribution in [0.1, 0.15) is 20.8 Å². The molecule has 0 spiro atoms. The van der Waals surface area contributed by atoms with Crippen LogP contribution in [0.5, 0.6) is 0 Å². The van der Waals surface area contributed by atoms with E-state index in [1.165, 1.54) is 18.2 Å². The molecule has 0 aliphatic heterocycles. The molecule has 0 bridgehead atoms. The van der Waals surface area contributed by atoms with Crippen molar-refractivity contribution in [1.29, 1.82) is 0 Å². The van der Waals surface area contributed by atoms with E-state index in [9.17, 15) is 13.2 Å². The topological polar surface area (TPSA) is 24.9 Å². The number of hydrogen-bond donors (Lipinski definition) is 1. The Morgan fingerprint density at radius 3 is 2.33 bits per heavy atom. The quantitative estimate of drug-likeness (QED) is 0.668. The Kier molecular flexibility index (Phi) is 3.95. The maximum absolute atomic E-state index is 14.3. The molecule has 1 aromatic heterocycles. The summed E-state index contributed by atoms with van der Waals surface area (Å²) in [5, 5.41) is 4.10. The summed E-state index contributed by atoms with van der Waals surface area (Å²) in [6, 6.07) is 9.59. The molecule has 2 aromatic carbocycles. The highest BCUT2D eigenvalue weighted by atomic mass is 19.1. The van der Waals surface area contributed by atoms with E-state index in [2.05, 4.69) is 10.3 Å². The summed E-state index contributed by atoms with van der Waals surface area (Å²) in [6.07, 6.45) is 0. The number of hydrogen-bond acceptors (Lipinski definition) is 2. The molecule has 0 atom stereocenters. The van der Waals surface area contributed by atoms with Gasteiger partial charge in [0.05, 0.1) is 11.1 Å². The van der Waals surface area contributed by atoms with E-state index in [0.29, 0.717) is 22.3 Å². The van der Waals surface area contributed by atoms with E-state index in [0.717, 1.165) is 6.07 Å². The average Bonchev–Trinajstić information content (AvgIpc) is 2.45. The van der Waals surface area contributed by atoms with Crippen molar-refractivity contribution < 1.29 is 13.2 Å². The number of nitrogens with one attached hydrogen (secondary N) is 1. The average molecular weight is 330 g/mol. The Morgan fingerprint density at radius 2 is 1.67 bits per heavy atom. The highest BCUT2D eigenvalue weighted by Crippen LogP contribution is 2.32. The van der Waals surface area contributed by atoms with Gasteiger partial charge in [-0.1, -0.05) is 12.1 Å². The van der Waals surface area contributed by atoms with Crippen molar-refractivity contribution in [2.75, 3.05) is 5.32 Å². The lowest BCUT2D eigenvalue weighted by molar-refractivity contribution is 0.585. The monoisotopic (exact) mass is 330 g/mol. The minimum absolute atomic E-state index is 0.166. The van der Waals surface area contributed by atoms with Crippen LogP contribution in [0, 0.1) is 17.5 Å². The van der Waals surface area contributed by atoms with Crippen LogP contribution >= 0.6 is 0 Å². The summed E-state index contributed by atoms with van der Waals surface area (Å²) in [5.74, 6) is -1.44. The summed E-state index contributed by atoms with van der Waals surface area (Å²) < 4.78 is 41.5. The summed E-state index contributed by atoms with van der Waals surface area (Å²) in [6.45, 7) is 5.77. The summed E-state index contributed by atoms with van der Waals surface area (Å²) in [7, 11) is 0. The lowest BCUT2D eigenvalue weighted by Gasteiger charge is -2.23. The third kappa shape index (κ3) is 3.20. The molecule has 2 nitrogen and oxygen atoms in total. The zero-order valence-corrected chi connectivity index (χ0v) is 13.6. The number of rotatable bonds is 2. The number of halogens is 3. The van der Waals surface area contributed by atoms with E-state index in [4.69, 9.17) is 0 Å². The zero-order valence-electron chi connectivity index (χ0n) is 13.6. The smallest absolute Gasteiger partial charge is 0.137 e. The first-order chi connectivity index (χ1) is 11.2. The maximum atomic E-state index is 14.3. The van der Waals surface area contributed by atoms with Crippen molar-refractivity contribution in [3.8, 4) is 11.3 Å². The second-order valence-corrected chi connectivity index (χ2v) is 6.69. The van der Waals surface area contributed by atoms with E-state index in [1.807, 2.05) is 20.8 Å². The van der Waals surface area contributed by atoms with Gasteiger partial charge in [-0.2, -0.15) is 0 Å². The second-order valence-electron chi connectivity index (χ2n) is 6.69. The van der Waals surface area contributed by atoms with Crippen LogP contribution in [-0.4, -0.2) is 10.5 Å². The molecular formula is C19H17F3N2. The standard InChI is InChI=1S/C19H17F3N2/c1-19(2,3)24-18-17-11(5-4-6-14(17)21)9-16(23-18)13-8-7-12(20)10-15(13)22/h4-10H,1-3H3,(H,23,24). The van der Waals surface area contributed by atoms with Gasteiger partial charge in [-0.05, 0) is 50.4 Å². The van der Waals surface area contributed by atoms with Crippen LogP contribution in [-0.2, 0) is 0 Å². The fourth-order valence-electron chi connectivity index (χ4n) is 2.55. The van der Waals surface area contributed by atoms with Crippen LogP contribution in [0.2, 0.25) is 0 Å². The molecule has 0 amide bonds. The Bertz CT molecular complexity index is 914. The van der Waals surface area contributed by atoms with Gasteiger partial charge in [0.1, 0.15) is 23.3 Å². The molecule has 0 fully saturated rings. The van der Waals surface area contributed by atoms with E-state index in [1.54, 1.807) is 18.2 Å². The highest BCUT2D eigenvalue weighted by molar-refractivity contribution is 5.95. The number of benzene rings is 2. The molecule has 0 aliphatic carbocycles. The molecule has 24 heavy (non-hydrogen) atoms. The first-order valence-electron chi connectivity index (χ1n) is 7.57. The minimum Gasteiger partial charge on any atom is -0.365 e. The van der Waals surface area contributed by atoms with Crippen molar-refractivity contribution in [3.63, 3.8) is 0 Å². The van der Waals surface area contributed by atoms with Crippen molar-refractivity contribution in [1.82, 2.24) is 4.98 Å². The molecule has 1 N–H and O–H groups in total. The number of aromatic nitrogens is 1. The predicted molar refractivity (Wildman–Crippen MR) is 90.4 cm³/mol. The summed E-state index contributed by atoms with van der Waals surface area (Å²) in [5.41, 5.74) is 0.124. The molecule has 124 valence electrons. The van der Waals surface area contributed by atoms with Crippen LogP contribution in [0.4, 0.5) is 19.0 Å². The fraction of sp³-hybridized carbons (Fsp3) is 0.211. The third-order valence-corrected chi connectivity index (χ3v) is 3.51. The Morgan fingerprint density at radius 1 is 0.917 bits per heavy atom. The molecule has 5 heteroatoms. The van der Waals surface area contributed by atoms with Crippen molar-refractivity contribution in [2.24, 2.45) is 0 Å². The van der Waals surface area contributed by atoms with E-state index < -0.39 is 17.5 Å². The normalized spacial score (nSPS) is 11.8. The van der Waals surface area contributed by atoms with Crippen molar-refractivity contribution >= 4 is 16.6 Å². The van der Waals surface area contributed by atoms with Crippen LogP contribution < -0.4 is 5.32 Å². The van der Waals surface area contributed by atoms with Gasteiger partial charge in [0.25, 0.3) is 0 Å². The molecule has 0 aliphatic rings. The Labute approximate surface area is 138 Å². The fourth-order valence-corrected chi connectivity index (χ4v) is 2.55.